The van der Waals surface area contributed by atoms with E-state index in [-0.39, 0.29) is 5.11 Å². The third-order valence-corrected chi connectivity index (χ3v) is 1.67. The van der Waals surface area contributed by atoms with E-state index >= 15 is 0 Å². The van der Waals surface area contributed by atoms with E-state index in [2.05, 4.69) is 12.2 Å². The lowest BCUT2D eigenvalue weighted by Crippen LogP contribution is -2.45. The third kappa shape index (κ3) is 2.24. The summed E-state index contributed by atoms with van der Waals surface area (Å²) in [6, 6.07) is 8.56. The average Bonchev–Trinajstić information content (AvgIpc) is 2.17. The van der Waals surface area contributed by atoms with E-state index < -0.39 is 5.91 Å². The molecule has 0 spiro atoms. The molecule has 0 fully saturated rings. The molecule has 0 unspecified atom stereocenters. The molecule has 0 aliphatic carbocycles. The highest BCUT2D eigenvalue weighted by atomic mass is 32.1. The van der Waals surface area contributed by atoms with Gasteiger partial charge in [-0.3, -0.25) is 4.79 Å². The summed E-state index contributed by atoms with van der Waals surface area (Å²) in [5.74, 6) is 4.90. The molecule has 13 heavy (non-hydrogen) atoms. The van der Waals surface area contributed by atoms with E-state index in [9.17, 15) is 4.79 Å². The Bertz CT molecular complexity index is 325. The molecule has 0 bridgehead atoms. The Labute approximate surface area is 81.1 Å². The number of nitrogens with two attached hydrogens (primary N) is 2. The summed E-state index contributed by atoms with van der Waals surface area (Å²) in [7, 11) is 0. The van der Waals surface area contributed by atoms with Gasteiger partial charge in [-0.1, -0.05) is 18.2 Å². The molecule has 0 heterocycles. The first-order valence-electron chi connectivity index (χ1n) is 3.56. The Morgan fingerprint density at radius 2 is 1.85 bits per heavy atom. The zero-order chi connectivity index (χ0) is 9.84. The van der Waals surface area contributed by atoms with Crippen LogP contribution in [-0.2, 0) is 0 Å². The van der Waals surface area contributed by atoms with Crippen LogP contribution < -0.4 is 11.6 Å². The maximum atomic E-state index is 11.4. The maximum Gasteiger partial charge on any atom is 0.274 e. The second kappa shape index (κ2) is 3.97. The Morgan fingerprint density at radius 3 is 2.31 bits per heavy atom. The van der Waals surface area contributed by atoms with Crippen molar-refractivity contribution in [3.05, 3.63) is 35.9 Å². The van der Waals surface area contributed by atoms with Gasteiger partial charge in [-0.2, -0.15) is 0 Å². The molecule has 4 nitrogen and oxygen atoms in total. The first kappa shape index (κ1) is 9.63. The van der Waals surface area contributed by atoms with Crippen molar-refractivity contribution in [2.75, 3.05) is 0 Å². The molecule has 68 valence electrons. The monoisotopic (exact) mass is 195 g/mol. The molecule has 0 saturated carbocycles. The van der Waals surface area contributed by atoms with E-state index in [0.717, 1.165) is 5.01 Å². The van der Waals surface area contributed by atoms with Crippen LogP contribution in [0.15, 0.2) is 30.3 Å². The second-order valence-corrected chi connectivity index (χ2v) is 2.80. The van der Waals surface area contributed by atoms with Crippen molar-refractivity contribution in [3.8, 4) is 0 Å². The fraction of sp³-hybridized carbons (Fsp3) is 0. The Morgan fingerprint density at radius 1 is 1.31 bits per heavy atom. The van der Waals surface area contributed by atoms with Gasteiger partial charge in [0.25, 0.3) is 5.91 Å². The molecule has 0 aromatic heterocycles. The number of rotatable bonds is 1. The van der Waals surface area contributed by atoms with Gasteiger partial charge in [0.2, 0.25) is 0 Å². The van der Waals surface area contributed by atoms with Crippen molar-refractivity contribution in [1.82, 2.24) is 5.01 Å². The van der Waals surface area contributed by atoms with Gasteiger partial charge in [-0.05, 0) is 24.4 Å². The zero-order valence-electron chi connectivity index (χ0n) is 6.81. The summed E-state index contributed by atoms with van der Waals surface area (Å²) in [6.45, 7) is 0. The highest BCUT2D eigenvalue weighted by Gasteiger charge is 2.13. The molecule has 1 rings (SSSR count). The fourth-order valence-electron chi connectivity index (χ4n) is 0.820. The van der Waals surface area contributed by atoms with E-state index in [1.54, 1.807) is 30.3 Å². The zero-order valence-corrected chi connectivity index (χ0v) is 7.62. The Hall–Kier alpha value is -1.46. The first-order valence-corrected chi connectivity index (χ1v) is 3.97. The van der Waals surface area contributed by atoms with Crippen molar-refractivity contribution in [3.63, 3.8) is 0 Å². The van der Waals surface area contributed by atoms with Crippen molar-refractivity contribution < 1.29 is 4.79 Å². The number of thiocarbonyl (C=S) groups is 1. The summed E-state index contributed by atoms with van der Waals surface area (Å²) in [6.07, 6.45) is 0. The van der Waals surface area contributed by atoms with Crippen molar-refractivity contribution >= 4 is 23.2 Å². The van der Waals surface area contributed by atoms with E-state index in [4.69, 9.17) is 11.6 Å². The number of nitrogens with zero attached hydrogens (tertiary/aromatic N) is 1. The van der Waals surface area contributed by atoms with Crippen LogP contribution in [0, 0.1) is 0 Å². The lowest BCUT2D eigenvalue weighted by Gasteiger charge is -2.13. The van der Waals surface area contributed by atoms with Crippen molar-refractivity contribution in [1.29, 1.82) is 0 Å². The molecule has 1 amide bonds. The third-order valence-electron chi connectivity index (χ3n) is 1.48. The van der Waals surface area contributed by atoms with Gasteiger partial charge in [0.15, 0.2) is 5.11 Å². The van der Waals surface area contributed by atoms with Gasteiger partial charge in [0, 0.05) is 5.56 Å². The van der Waals surface area contributed by atoms with Crippen LogP contribution in [0.25, 0.3) is 0 Å². The normalized spacial score (nSPS) is 9.31. The standard InChI is InChI=1S/C8H9N3OS/c9-8(13)11(10)7(12)6-4-2-1-3-5-6/h1-5H,10H2,(H2,9,13). The summed E-state index contributed by atoms with van der Waals surface area (Å²) in [5.41, 5.74) is 5.64. The lowest BCUT2D eigenvalue weighted by molar-refractivity contribution is 0.0848. The molecule has 0 aliphatic rings. The average molecular weight is 195 g/mol. The van der Waals surface area contributed by atoms with Gasteiger partial charge >= 0.3 is 0 Å². The summed E-state index contributed by atoms with van der Waals surface area (Å²) in [4.78, 5) is 11.4. The van der Waals surface area contributed by atoms with Crippen molar-refractivity contribution in [2.24, 2.45) is 11.6 Å². The lowest BCUT2D eigenvalue weighted by atomic mass is 10.2. The molecule has 1 aromatic carbocycles. The quantitative estimate of drug-likeness (QED) is 0.291. The number of benzene rings is 1. The molecule has 0 atom stereocenters. The number of amides is 1. The van der Waals surface area contributed by atoms with E-state index in [1.807, 2.05) is 0 Å². The minimum atomic E-state index is -0.409. The van der Waals surface area contributed by atoms with Crippen molar-refractivity contribution in [2.45, 2.75) is 0 Å². The summed E-state index contributed by atoms with van der Waals surface area (Å²) >= 11 is 4.55. The largest absolute Gasteiger partial charge is 0.375 e. The fourth-order valence-corrected chi connectivity index (χ4v) is 0.903. The number of carbonyl (C=O) groups excluding carboxylic acids is 1. The Kier molecular flexibility index (Phi) is 2.94. The molecule has 4 N–H and O–H groups in total. The van der Waals surface area contributed by atoms with Gasteiger partial charge in [-0.25, -0.2) is 10.9 Å². The van der Waals surface area contributed by atoms with Crippen LogP contribution >= 0.6 is 12.2 Å². The van der Waals surface area contributed by atoms with Gasteiger partial charge in [0.1, 0.15) is 0 Å². The highest BCUT2D eigenvalue weighted by molar-refractivity contribution is 7.80. The smallest absolute Gasteiger partial charge is 0.274 e. The number of hydrazine groups is 1. The SMILES string of the molecule is NC(=S)N(N)C(=O)c1ccccc1. The molecule has 0 radical (unpaired) electrons. The number of hydrogen-bond donors (Lipinski definition) is 2. The number of hydrogen-bond acceptors (Lipinski definition) is 3. The van der Waals surface area contributed by atoms with Crippen LogP contribution in [0.1, 0.15) is 10.4 Å². The van der Waals surface area contributed by atoms with Crippen LogP contribution in [0.4, 0.5) is 0 Å². The molecule has 0 aliphatic heterocycles. The first-order chi connectivity index (χ1) is 6.13. The molecule has 0 saturated heterocycles. The predicted molar refractivity (Wildman–Crippen MR) is 53.6 cm³/mol. The second-order valence-electron chi connectivity index (χ2n) is 2.38. The van der Waals surface area contributed by atoms with Crippen LogP contribution in [0.2, 0.25) is 0 Å². The van der Waals surface area contributed by atoms with E-state index in [0.29, 0.717) is 5.56 Å². The summed E-state index contributed by atoms with van der Waals surface area (Å²) < 4.78 is 0. The van der Waals surface area contributed by atoms with Crippen LogP contribution in [0.5, 0.6) is 0 Å². The van der Waals surface area contributed by atoms with Gasteiger partial charge in [0.05, 0.1) is 0 Å². The van der Waals surface area contributed by atoms with Crippen LogP contribution in [-0.4, -0.2) is 16.0 Å². The summed E-state index contributed by atoms with van der Waals surface area (Å²) in [5, 5.41) is 0.596. The molecule has 1 aromatic rings. The Balaban J connectivity index is 2.86. The molecular formula is C8H9N3OS. The van der Waals surface area contributed by atoms with Gasteiger partial charge in [-0.15, -0.1) is 0 Å². The molecular weight excluding hydrogens is 186 g/mol. The van der Waals surface area contributed by atoms with Gasteiger partial charge < -0.3 is 5.73 Å². The van der Waals surface area contributed by atoms with E-state index in [1.165, 1.54) is 0 Å². The maximum absolute atomic E-state index is 11.4. The molecule has 5 heteroatoms. The predicted octanol–water partition coefficient (Wildman–Crippen LogP) is 0.246. The minimum Gasteiger partial charge on any atom is -0.375 e. The van der Waals surface area contributed by atoms with Crippen LogP contribution in [0.3, 0.4) is 0 Å². The minimum absolute atomic E-state index is 0.145. The highest BCUT2D eigenvalue weighted by Crippen LogP contribution is 2.00. The number of carbonyl (C=O) groups is 1. The topological polar surface area (TPSA) is 72.3 Å².